The van der Waals surface area contributed by atoms with Gasteiger partial charge in [0, 0.05) is 5.57 Å². The number of rotatable bonds is 0. The third-order valence-corrected chi connectivity index (χ3v) is 2.24. The van der Waals surface area contributed by atoms with Crippen LogP contribution in [0.3, 0.4) is 0 Å². The highest BCUT2D eigenvalue weighted by Crippen LogP contribution is 2.20. The Labute approximate surface area is 71.0 Å². The maximum absolute atomic E-state index is 10.5. The van der Waals surface area contributed by atoms with Gasteiger partial charge in [0.1, 0.15) is 0 Å². The summed E-state index contributed by atoms with van der Waals surface area (Å²) in [6.45, 7) is 0. The molecule has 0 amide bonds. The highest BCUT2D eigenvalue weighted by Gasteiger charge is 2.10. The molecule has 0 spiro atoms. The predicted octanol–water partition coefficient (Wildman–Crippen LogP) is 0.379. The summed E-state index contributed by atoms with van der Waals surface area (Å²) >= 11 is 0. The summed E-state index contributed by atoms with van der Waals surface area (Å²) in [6, 6.07) is 0. The Morgan fingerprint density at radius 3 is 2.92 bits per heavy atom. The second-order valence-electron chi connectivity index (χ2n) is 2.34. The van der Waals surface area contributed by atoms with Crippen molar-refractivity contribution in [3.8, 4) is 0 Å². The van der Waals surface area contributed by atoms with Crippen molar-refractivity contribution in [2.24, 2.45) is 4.99 Å². The highest BCUT2D eigenvalue weighted by molar-refractivity contribution is 7.73. The molecule has 0 saturated carbocycles. The normalized spacial score (nSPS) is 18.8. The van der Waals surface area contributed by atoms with Crippen LogP contribution in [0.15, 0.2) is 40.6 Å². The zero-order chi connectivity index (χ0) is 8.55. The minimum Gasteiger partial charge on any atom is -0.246 e. The molecule has 3 nitrogen and oxygen atoms in total. The van der Waals surface area contributed by atoms with Crippen molar-refractivity contribution in [3.05, 3.63) is 35.6 Å². The predicted molar refractivity (Wildman–Crippen MR) is 46.7 cm³/mol. The maximum atomic E-state index is 10.5. The lowest BCUT2D eigenvalue weighted by atomic mass is 10.1. The summed E-state index contributed by atoms with van der Waals surface area (Å²) in [5.74, 6) is 0. The van der Waals surface area contributed by atoms with Crippen LogP contribution in [-0.2, 0) is 10.3 Å². The molecule has 12 heavy (non-hydrogen) atoms. The molecule has 0 N–H and O–H groups in total. The van der Waals surface area contributed by atoms with E-state index in [2.05, 4.69) is 11.2 Å². The molecule has 0 aromatic heterocycles. The molecule has 2 aliphatic rings. The minimum absolute atomic E-state index is 0.259. The van der Waals surface area contributed by atoms with E-state index < -0.39 is 10.3 Å². The molecule has 0 fully saturated rings. The molecule has 0 saturated heterocycles. The van der Waals surface area contributed by atoms with Crippen LogP contribution in [0.4, 0.5) is 0 Å². The van der Waals surface area contributed by atoms with E-state index in [0.29, 0.717) is 5.70 Å². The molecule has 1 radical (unpaired) electrons. The van der Waals surface area contributed by atoms with Gasteiger partial charge in [-0.3, -0.25) is 0 Å². The van der Waals surface area contributed by atoms with Gasteiger partial charge in [0.2, 0.25) is 10.3 Å². The van der Waals surface area contributed by atoms with Gasteiger partial charge in [-0.05, 0) is 18.2 Å². The first-order valence-electron chi connectivity index (χ1n) is 3.30. The Bertz CT molecular complexity index is 467. The lowest BCUT2D eigenvalue weighted by Crippen LogP contribution is -1.97. The van der Waals surface area contributed by atoms with Gasteiger partial charge in [-0.1, -0.05) is 6.08 Å². The van der Waals surface area contributed by atoms with Crippen molar-refractivity contribution in [1.82, 2.24) is 0 Å². The Morgan fingerprint density at radius 2 is 2.17 bits per heavy atom. The van der Waals surface area contributed by atoms with Gasteiger partial charge >= 0.3 is 0 Å². The van der Waals surface area contributed by atoms with Crippen LogP contribution in [0.2, 0.25) is 0 Å². The summed E-state index contributed by atoms with van der Waals surface area (Å²) in [7, 11) is -2.17. The number of nitrogens with zero attached hydrogens (tertiary/aromatic N) is 1. The van der Waals surface area contributed by atoms with E-state index in [9.17, 15) is 8.42 Å². The van der Waals surface area contributed by atoms with Crippen LogP contribution in [0, 0.1) is 0 Å². The van der Waals surface area contributed by atoms with Gasteiger partial charge in [-0.15, -0.1) is 0 Å². The van der Waals surface area contributed by atoms with Gasteiger partial charge < -0.3 is 0 Å². The van der Waals surface area contributed by atoms with Crippen LogP contribution < -0.4 is 0 Å². The van der Waals surface area contributed by atoms with Crippen LogP contribution in [0.1, 0.15) is 0 Å². The second-order valence-corrected chi connectivity index (χ2v) is 3.28. The van der Waals surface area contributed by atoms with Crippen LogP contribution in [-0.4, -0.2) is 19.5 Å². The second kappa shape index (κ2) is 2.57. The first kappa shape index (κ1) is 7.24. The van der Waals surface area contributed by atoms with E-state index in [-0.39, 0.29) is 4.86 Å². The topological polar surface area (TPSA) is 46.5 Å². The summed E-state index contributed by atoms with van der Waals surface area (Å²) in [5.41, 5.74) is 1.57. The molecule has 0 aromatic carbocycles. The SMILES string of the molecule is O=S(=O)=C1C=CC2=C[C]=NC2=C1. The summed E-state index contributed by atoms with van der Waals surface area (Å²) in [6.07, 6.45) is 9.15. The number of hydrogen-bond acceptors (Lipinski definition) is 3. The number of fused-ring (bicyclic) bond motifs is 1. The molecule has 2 rings (SSSR count). The molecule has 0 aromatic rings. The van der Waals surface area contributed by atoms with Gasteiger partial charge in [-0.25, -0.2) is 4.99 Å². The number of aliphatic imine (C=N–C) groups is 1. The fourth-order valence-corrected chi connectivity index (χ4v) is 1.40. The van der Waals surface area contributed by atoms with Crippen molar-refractivity contribution < 1.29 is 8.42 Å². The number of hydrogen-bond donors (Lipinski definition) is 0. The van der Waals surface area contributed by atoms with Crippen LogP contribution in [0.25, 0.3) is 0 Å². The van der Waals surface area contributed by atoms with Gasteiger partial charge in [-0.2, -0.15) is 8.42 Å². The first-order valence-corrected chi connectivity index (χ1v) is 4.37. The monoisotopic (exact) mass is 178 g/mol. The van der Waals surface area contributed by atoms with E-state index >= 15 is 0 Å². The third-order valence-electron chi connectivity index (χ3n) is 1.60. The largest absolute Gasteiger partial charge is 0.246 e. The zero-order valence-corrected chi connectivity index (χ0v) is 6.80. The van der Waals surface area contributed by atoms with E-state index in [1.807, 2.05) is 0 Å². The average molecular weight is 178 g/mol. The smallest absolute Gasteiger partial charge is 0.221 e. The standard InChI is InChI=1S/C8H4NO2S/c10-12(11)7-2-1-6-3-4-9-8(6)5-7/h1-3,5H. The third kappa shape index (κ3) is 1.06. The van der Waals surface area contributed by atoms with Crippen LogP contribution >= 0.6 is 0 Å². The highest BCUT2D eigenvalue weighted by atomic mass is 32.2. The molecule has 1 aliphatic carbocycles. The van der Waals surface area contributed by atoms with E-state index in [1.165, 1.54) is 6.08 Å². The molecule has 0 bridgehead atoms. The lowest BCUT2D eigenvalue weighted by Gasteiger charge is -2.01. The molecular formula is C8H4NO2S. The Hall–Kier alpha value is -1.42. The Balaban J connectivity index is 2.61. The maximum Gasteiger partial charge on any atom is 0.221 e. The zero-order valence-electron chi connectivity index (χ0n) is 5.98. The van der Waals surface area contributed by atoms with Crippen molar-refractivity contribution >= 4 is 21.4 Å². The van der Waals surface area contributed by atoms with Gasteiger partial charge in [0.25, 0.3) is 0 Å². The van der Waals surface area contributed by atoms with Gasteiger partial charge in [0.15, 0.2) is 0 Å². The Morgan fingerprint density at radius 1 is 1.33 bits per heavy atom. The molecule has 59 valence electrons. The molecule has 1 heterocycles. The molecule has 1 aliphatic heterocycles. The minimum atomic E-state index is -2.17. The summed E-state index contributed by atoms with van der Waals surface area (Å²) < 4.78 is 21.1. The lowest BCUT2D eigenvalue weighted by molar-refractivity contribution is 0.627. The van der Waals surface area contributed by atoms with Crippen LogP contribution in [0.5, 0.6) is 0 Å². The molecular weight excluding hydrogens is 174 g/mol. The average Bonchev–Trinajstić information content (AvgIpc) is 2.49. The van der Waals surface area contributed by atoms with E-state index in [1.54, 1.807) is 18.2 Å². The number of allylic oxidation sites excluding steroid dienone is 4. The molecule has 4 heteroatoms. The van der Waals surface area contributed by atoms with Gasteiger partial charge in [0.05, 0.1) is 16.8 Å². The van der Waals surface area contributed by atoms with Crippen molar-refractivity contribution in [2.45, 2.75) is 0 Å². The van der Waals surface area contributed by atoms with E-state index in [4.69, 9.17) is 0 Å². The summed E-state index contributed by atoms with van der Waals surface area (Å²) in [5, 5.41) is 0. The molecule has 0 atom stereocenters. The first-order chi connectivity index (χ1) is 5.77. The fourth-order valence-electron chi connectivity index (χ4n) is 1.02. The Kier molecular flexibility index (Phi) is 1.55. The van der Waals surface area contributed by atoms with Crippen molar-refractivity contribution in [1.29, 1.82) is 0 Å². The quantitative estimate of drug-likeness (QED) is 0.503. The van der Waals surface area contributed by atoms with E-state index in [0.717, 1.165) is 5.57 Å². The fraction of sp³-hybridized carbons (Fsp3) is 0. The molecule has 0 unspecified atom stereocenters. The summed E-state index contributed by atoms with van der Waals surface area (Å²) in [4.78, 5) is 4.12. The van der Waals surface area contributed by atoms with Crippen molar-refractivity contribution in [3.63, 3.8) is 0 Å². The van der Waals surface area contributed by atoms with Crippen molar-refractivity contribution in [2.75, 3.05) is 0 Å².